The maximum atomic E-state index is 10.7. The zero-order chi connectivity index (χ0) is 10.8. The molecule has 0 saturated heterocycles. The van der Waals surface area contributed by atoms with Gasteiger partial charge in [0.15, 0.2) is 0 Å². The van der Waals surface area contributed by atoms with E-state index in [2.05, 4.69) is 5.32 Å². The average molecular weight is 207 g/mol. The van der Waals surface area contributed by atoms with Crippen LogP contribution in [0.15, 0.2) is 24.3 Å². The van der Waals surface area contributed by atoms with Crippen LogP contribution < -0.4 is 5.32 Å². The van der Waals surface area contributed by atoms with Gasteiger partial charge >= 0.3 is 6.09 Å². The highest BCUT2D eigenvalue weighted by Crippen LogP contribution is 2.32. The van der Waals surface area contributed by atoms with E-state index < -0.39 is 6.09 Å². The first-order valence-electron chi connectivity index (χ1n) is 4.82. The van der Waals surface area contributed by atoms with E-state index in [-0.39, 0.29) is 12.1 Å². The van der Waals surface area contributed by atoms with Crippen molar-refractivity contribution in [3.05, 3.63) is 35.4 Å². The SMILES string of the molecule is CO[C@H]1Cc2ccccc2[C@@H]1NC(=O)O. The molecule has 15 heavy (non-hydrogen) atoms. The van der Waals surface area contributed by atoms with Crippen LogP contribution in [0, 0.1) is 0 Å². The fourth-order valence-electron chi connectivity index (χ4n) is 2.08. The Balaban J connectivity index is 2.29. The van der Waals surface area contributed by atoms with Gasteiger partial charge in [-0.3, -0.25) is 0 Å². The molecule has 1 aromatic rings. The van der Waals surface area contributed by atoms with E-state index in [1.54, 1.807) is 7.11 Å². The van der Waals surface area contributed by atoms with Gasteiger partial charge < -0.3 is 15.2 Å². The third-order valence-corrected chi connectivity index (χ3v) is 2.76. The van der Waals surface area contributed by atoms with Gasteiger partial charge in [-0.25, -0.2) is 4.79 Å². The van der Waals surface area contributed by atoms with Crippen LogP contribution in [0.2, 0.25) is 0 Å². The molecule has 0 bridgehead atoms. The Hall–Kier alpha value is -1.55. The van der Waals surface area contributed by atoms with Gasteiger partial charge in [0.1, 0.15) is 0 Å². The molecule has 0 heterocycles. The summed E-state index contributed by atoms with van der Waals surface area (Å²) in [5.41, 5.74) is 2.18. The summed E-state index contributed by atoms with van der Waals surface area (Å²) in [5, 5.41) is 11.2. The highest BCUT2D eigenvalue weighted by atomic mass is 16.5. The standard InChI is InChI=1S/C11H13NO3/c1-15-9-6-7-4-2-3-5-8(7)10(9)12-11(13)14/h2-5,9-10,12H,6H2,1H3,(H,13,14)/t9-,10-/m0/s1. The number of nitrogens with one attached hydrogen (secondary N) is 1. The smallest absolute Gasteiger partial charge is 0.405 e. The lowest BCUT2D eigenvalue weighted by Gasteiger charge is -2.18. The van der Waals surface area contributed by atoms with Crippen molar-refractivity contribution in [1.82, 2.24) is 5.32 Å². The molecule has 4 heteroatoms. The van der Waals surface area contributed by atoms with E-state index in [1.165, 1.54) is 0 Å². The number of rotatable bonds is 2. The van der Waals surface area contributed by atoms with Crippen LogP contribution in [0.3, 0.4) is 0 Å². The van der Waals surface area contributed by atoms with Crippen LogP contribution in [0.4, 0.5) is 4.79 Å². The summed E-state index contributed by atoms with van der Waals surface area (Å²) < 4.78 is 5.28. The van der Waals surface area contributed by atoms with Crippen molar-refractivity contribution in [3.63, 3.8) is 0 Å². The van der Waals surface area contributed by atoms with Crippen molar-refractivity contribution in [2.24, 2.45) is 0 Å². The Labute approximate surface area is 87.9 Å². The first-order chi connectivity index (χ1) is 7.22. The second kappa shape index (κ2) is 3.90. The summed E-state index contributed by atoms with van der Waals surface area (Å²) in [4.78, 5) is 10.7. The van der Waals surface area contributed by atoms with Crippen molar-refractivity contribution in [3.8, 4) is 0 Å². The number of carbonyl (C=O) groups is 1. The quantitative estimate of drug-likeness (QED) is 0.773. The fourth-order valence-corrected chi connectivity index (χ4v) is 2.08. The lowest BCUT2D eigenvalue weighted by Crippen LogP contribution is -2.33. The predicted octanol–water partition coefficient (Wildman–Crippen LogP) is 1.57. The van der Waals surface area contributed by atoms with Gasteiger partial charge in [-0.15, -0.1) is 0 Å². The van der Waals surface area contributed by atoms with Crippen molar-refractivity contribution in [1.29, 1.82) is 0 Å². The zero-order valence-corrected chi connectivity index (χ0v) is 8.43. The van der Waals surface area contributed by atoms with Gasteiger partial charge in [0.2, 0.25) is 0 Å². The van der Waals surface area contributed by atoms with E-state index in [0.717, 1.165) is 17.5 Å². The first kappa shape index (κ1) is 9.98. The predicted molar refractivity (Wildman–Crippen MR) is 54.8 cm³/mol. The molecule has 4 nitrogen and oxygen atoms in total. The normalized spacial score (nSPS) is 23.5. The van der Waals surface area contributed by atoms with Gasteiger partial charge in [0.05, 0.1) is 12.1 Å². The zero-order valence-electron chi connectivity index (χ0n) is 8.43. The van der Waals surface area contributed by atoms with Crippen LogP contribution in [0.5, 0.6) is 0 Å². The third-order valence-electron chi connectivity index (χ3n) is 2.76. The minimum atomic E-state index is -1.02. The second-order valence-electron chi connectivity index (χ2n) is 3.60. The fraction of sp³-hybridized carbons (Fsp3) is 0.364. The molecular weight excluding hydrogens is 194 g/mol. The Bertz CT molecular complexity index is 378. The number of methoxy groups -OCH3 is 1. The minimum absolute atomic E-state index is 0.0986. The summed E-state index contributed by atoms with van der Waals surface area (Å²) in [7, 11) is 1.60. The van der Waals surface area contributed by atoms with Crippen LogP contribution in [-0.4, -0.2) is 24.4 Å². The van der Waals surface area contributed by atoms with E-state index in [1.807, 2.05) is 24.3 Å². The van der Waals surface area contributed by atoms with E-state index in [9.17, 15) is 4.79 Å². The maximum Gasteiger partial charge on any atom is 0.405 e. The molecule has 80 valence electrons. The van der Waals surface area contributed by atoms with E-state index in [4.69, 9.17) is 9.84 Å². The molecule has 2 rings (SSSR count). The molecule has 1 amide bonds. The molecule has 2 N–H and O–H groups in total. The summed E-state index contributed by atoms with van der Waals surface area (Å²) in [6.45, 7) is 0. The Morgan fingerprint density at radius 1 is 1.53 bits per heavy atom. The molecule has 1 aromatic carbocycles. The summed E-state index contributed by atoms with van der Waals surface area (Å²) in [5.74, 6) is 0. The third kappa shape index (κ3) is 1.80. The molecule has 0 unspecified atom stereocenters. The molecule has 0 radical (unpaired) electrons. The molecule has 0 fully saturated rings. The lowest BCUT2D eigenvalue weighted by atomic mass is 10.1. The molecule has 0 spiro atoms. The lowest BCUT2D eigenvalue weighted by molar-refractivity contribution is 0.0776. The van der Waals surface area contributed by atoms with Crippen molar-refractivity contribution < 1.29 is 14.6 Å². The van der Waals surface area contributed by atoms with Crippen LogP contribution >= 0.6 is 0 Å². The van der Waals surface area contributed by atoms with E-state index in [0.29, 0.717) is 0 Å². The summed E-state index contributed by atoms with van der Waals surface area (Å²) in [6.07, 6.45) is -0.352. The maximum absolute atomic E-state index is 10.7. The summed E-state index contributed by atoms with van der Waals surface area (Å²) in [6, 6.07) is 7.56. The number of hydrogen-bond acceptors (Lipinski definition) is 2. The Morgan fingerprint density at radius 2 is 2.27 bits per heavy atom. The molecule has 2 atom stereocenters. The van der Waals surface area contributed by atoms with Crippen molar-refractivity contribution in [2.75, 3.05) is 7.11 Å². The monoisotopic (exact) mass is 207 g/mol. The molecule has 1 aliphatic carbocycles. The van der Waals surface area contributed by atoms with Crippen molar-refractivity contribution in [2.45, 2.75) is 18.6 Å². The first-order valence-corrected chi connectivity index (χ1v) is 4.82. The number of amides is 1. The number of fused-ring (bicyclic) bond motifs is 1. The van der Waals surface area contributed by atoms with E-state index >= 15 is 0 Å². The average Bonchev–Trinajstić information content (AvgIpc) is 2.56. The Morgan fingerprint density at radius 3 is 2.93 bits per heavy atom. The number of hydrogen-bond donors (Lipinski definition) is 2. The van der Waals surface area contributed by atoms with Crippen molar-refractivity contribution >= 4 is 6.09 Å². The van der Waals surface area contributed by atoms with Crippen LogP contribution in [-0.2, 0) is 11.2 Å². The minimum Gasteiger partial charge on any atom is -0.465 e. The molecule has 1 aliphatic rings. The van der Waals surface area contributed by atoms with Crippen LogP contribution in [0.1, 0.15) is 17.2 Å². The van der Waals surface area contributed by atoms with Gasteiger partial charge in [0.25, 0.3) is 0 Å². The van der Waals surface area contributed by atoms with Gasteiger partial charge in [-0.1, -0.05) is 24.3 Å². The number of benzene rings is 1. The molecule has 0 saturated carbocycles. The largest absolute Gasteiger partial charge is 0.465 e. The van der Waals surface area contributed by atoms with Gasteiger partial charge in [-0.05, 0) is 11.1 Å². The second-order valence-corrected chi connectivity index (χ2v) is 3.60. The summed E-state index contributed by atoms with van der Waals surface area (Å²) >= 11 is 0. The molecule has 0 aromatic heterocycles. The van der Waals surface area contributed by atoms with Crippen LogP contribution in [0.25, 0.3) is 0 Å². The Kier molecular flexibility index (Phi) is 2.60. The van der Waals surface area contributed by atoms with Gasteiger partial charge in [-0.2, -0.15) is 0 Å². The number of ether oxygens (including phenoxy) is 1. The topological polar surface area (TPSA) is 58.6 Å². The highest BCUT2D eigenvalue weighted by Gasteiger charge is 2.33. The highest BCUT2D eigenvalue weighted by molar-refractivity contribution is 5.66. The molecule has 0 aliphatic heterocycles. The number of carboxylic acid groups (broad SMARTS) is 1. The van der Waals surface area contributed by atoms with Gasteiger partial charge in [0, 0.05) is 13.5 Å². The molecular formula is C11H13NO3.